The number of aryl methyl sites for hydroxylation is 1. The van der Waals surface area contributed by atoms with Crippen molar-refractivity contribution in [3.8, 4) is 16.9 Å². The van der Waals surface area contributed by atoms with Gasteiger partial charge in [0.1, 0.15) is 5.75 Å². The number of phenols is 1. The maximum Gasteiger partial charge on any atom is 0.409 e. The molecule has 0 aliphatic carbocycles. The van der Waals surface area contributed by atoms with Crippen molar-refractivity contribution in [2.45, 2.75) is 51.2 Å². The number of hydrogen-bond donors (Lipinski definition) is 7. The zero-order chi connectivity index (χ0) is 37.7. The summed E-state index contributed by atoms with van der Waals surface area (Å²) in [5.74, 6) is -0.144. The van der Waals surface area contributed by atoms with E-state index in [0.717, 1.165) is 22.3 Å². The van der Waals surface area contributed by atoms with E-state index in [9.17, 15) is 34.5 Å². The number of aliphatic hydroxyl groups is 1. The van der Waals surface area contributed by atoms with Gasteiger partial charge in [-0.1, -0.05) is 60.7 Å². The molecule has 1 unspecified atom stereocenters. The van der Waals surface area contributed by atoms with E-state index in [1.165, 1.54) is 12.1 Å². The lowest BCUT2D eigenvalue weighted by molar-refractivity contribution is -0.130. The zero-order valence-electron chi connectivity index (χ0n) is 29.6. The highest BCUT2D eigenvalue weighted by molar-refractivity contribution is 5.91. The number of aromatic nitrogens is 1. The van der Waals surface area contributed by atoms with Gasteiger partial charge in [0.05, 0.1) is 17.3 Å². The summed E-state index contributed by atoms with van der Waals surface area (Å²) in [7, 11) is 1.77. The van der Waals surface area contributed by atoms with Gasteiger partial charge in [0.2, 0.25) is 17.4 Å². The minimum Gasteiger partial charge on any atom is -0.506 e. The molecule has 276 valence electrons. The average molecular weight is 720 g/mol. The first-order valence-corrected chi connectivity index (χ1v) is 17.6. The second kappa shape index (κ2) is 18.5. The van der Waals surface area contributed by atoms with Gasteiger partial charge in [-0.3, -0.25) is 19.7 Å². The molecule has 0 aliphatic rings. The molecule has 0 spiro atoms. The summed E-state index contributed by atoms with van der Waals surface area (Å²) in [6, 6.07) is 28.7. The number of H-pyrrole nitrogens is 1. The molecule has 1 heterocycles. The largest absolute Gasteiger partial charge is 0.506 e. The second-order valence-electron chi connectivity index (χ2n) is 13.0. The first-order valence-electron chi connectivity index (χ1n) is 17.6. The summed E-state index contributed by atoms with van der Waals surface area (Å²) in [6.07, 6.45) is 1.27. The van der Waals surface area contributed by atoms with E-state index in [-0.39, 0.29) is 35.2 Å². The van der Waals surface area contributed by atoms with Crippen LogP contribution in [0, 0.1) is 0 Å². The molecule has 0 fully saturated rings. The predicted molar refractivity (Wildman–Crippen MR) is 206 cm³/mol. The first kappa shape index (κ1) is 38.3. The Morgan fingerprint density at radius 2 is 1.58 bits per heavy atom. The van der Waals surface area contributed by atoms with Crippen LogP contribution in [0.2, 0.25) is 0 Å². The fourth-order valence-electron chi connectivity index (χ4n) is 6.17. The van der Waals surface area contributed by atoms with Gasteiger partial charge in [-0.05, 0) is 78.3 Å². The summed E-state index contributed by atoms with van der Waals surface area (Å²) < 4.78 is 0. The minimum atomic E-state index is -1.13. The lowest BCUT2D eigenvalue weighted by Gasteiger charge is -2.17. The number of aromatic amines is 1. The molecule has 1 atom stereocenters. The van der Waals surface area contributed by atoms with Gasteiger partial charge < -0.3 is 35.8 Å². The standard InChI is InChI=1S/C41H45N5O7/c1-46(39(51)12-7-8-27-15-18-31(29-9-3-2-4-10-29)34(24-27)44-41(52)53)23-6-5-11-37(49)43-30-16-13-28(14-17-30)25-42-26-36(48)32-19-21-35(47)40-33(32)20-22-38(50)45-40/h2-4,9-10,13-22,24,36,42,44,47-48H,5-8,11-12,23,25-26H2,1H3,(H,43,49)(H,45,50)(H,52,53). The number of anilines is 2. The molecule has 0 saturated heterocycles. The van der Waals surface area contributed by atoms with Gasteiger partial charge >= 0.3 is 6.09 Å². The SMILES string of the molecule is CN(CCCCC(=O)Nc1ccc(CNCC(O)c2ccc(O)c3[nH]c(=O)ccc23)cc1)C(=O)CCCc1ccc(-c2ccccc2)c(NC(=O)O)c1. The third-order valence-electron chi connectivity index (χ3n) is 9.01. The molecule has 12 nitrogen and oxygen atoms in total. The predicted octanol–water partition coefficient (Wildman–Crippen LogP) is 6.40. The van der Waals surface area contributed by atoms with E-state index in [1.807, 2.05) is 72.8 Å². The molecule has 4 aromatic carbocycles. The van der Waals surface area contributed by atoms with Crippen molar-refractivity contribution in [3.05, 3.63) is 124 Å². The Labute approximate surface area is 307 Å². The number of benzene rings is 4. The van der Waals surface area contributed by atoms with Crippen LogP contribution in [0.15, 0.2) is 102 Å². The van der Waals surface area contributed by atoms with Crippen LogP contribution in [0.25, 0.3) is 22.0 Å². The number of carboxylic acid groups (broad SMARTS) is 1. The highest BCUT2D eigenvalue weighted by Crippen LogP contribution is 2.30. The van der Waals surface area contributed by atoms with E-state index in [1.54, 1.807) is 24.1 Å². The summed E-state index contributed by atoms with van der Waals surface area (Å²) in [6.45, 7) is 1.28. The van der Waals surface area contributed by atoms with E-state index in [2.05, 4.69) is 20.9 Å². The van der Waals surface area contributed by atoms with Gasteiger partial charge in [-0.2, -0.15) is 0 Å². The molecule has 7 N–H and O–H groups in total. The van der Waals surface area contributed by atoms with Crippen LogP contribution in [0.1, 0.15) is 54.9 Å². The number of pyridine rings is 1. The smallest absolute Gasteiger partial charge is 0.409 e. The van der Waals surface area contributed by atoms with Crippen LogP contribution in [-0.2, 0) is 22.6 Å². The van der Waals surface area contributed by atoms with E-state index >= 15 is 0 Å². The third kappa shape index (κ3) is 11.0. The zero-order valence-corrected chi connectivity index (χ0v) is 29.6. The van der Waals surface area contributed by atoms with Crippen LogP contribution in [0.4, 0.5) is 16.2 Å². The lowest BCUT2D eigenvalue weighted by atomic mass is 9.99. The van der Waals surface area contributed by atoms with Crippen molar-refractivity contribution in [2.24, 2.45) is 0 Å². The minimum absolute atomic E-state index is 0.0229. The van der Waals surface area contributed by atoms with Crippen LogP contribution >= 0.6 is 0 Å². The maximum atomic E-state index is 12.7. The number of carbonyl (C=O) groups is 3. The van der Waals surface area contributed by atoms with Crippen LogP contribution in [0.3, 0.4) is 0 Å². The monoisotopic (exact) mass is 719 g/mol. The molecule has 0 radical (unpaired) electrons. The van der Waals surface area contributed by atoms with E-state index in [0.29, 0.717) is 73.9 Å². The van der Waals surface area contributed by atoms with Crippen molar-refractivity contribution >= 4 is 40.2 Å². The molecule has 5 aromatic rings. The maximum absolute atomic E-state index is 12.7. The Morgan fingerprint density at radius 3 is 2.34 bits per heavy atom. The third-order valence-corrected chi connectivity index (χ3v) is 9.01. The average Bonchev–Trinajstić information content (AvgIpc) is 3.14. The molecule has 0 bridgehead atoms. The Balaban J connectivity index is 0.974. The first-order chi connectivity index (χ1) is 25.6. The van der Waals surface area contributed by atoms with E-state index < -0.39 is 12.2 Å². The Hall–Kier alpha value is -5.98. The number of aliphatic hydroxyl groups excluding tert-OH is 1. The van der Waals surface area contributed by atoms with Crippen LogP contribution in [0.5, 0.6) is 5.75 Å². The molecule has 0 aliphatic heterocycles. The van der Waals surface area contributed by atoms with Gasteiger partial charge in [0.25, 0.3) is 0 Å². The summed E-state index contributed by atoms with van der Waals surface area (Å²) >= 11 is 0. The molecular formula is C41H45N5O7. The summed E-state index contributed by atoms with van der Waals surface area (Å²) in [5.41, 5.74) is 5.33. The van der Waals surface area contributed by atoms with Crippen molar-refractivity contribution in [1.82, 2.24) is 15.2 Å². The van der Waals surface area contributed by atoms with Crippen molar-refractivity contribution in [1.29, 1.82) is 0 Å². The van der Waals surface area contributed by atoms with Crippen molar-refractivity contribution in [2.75, 3.05) is 30.8 Å². The number of nitrogens with one attached hydrogen (secondary N) is 4. The highest BCUT2D eigenvalue weighted by atomic mass is 16.4. The summed E-state index contributed by atoms with van der Waals surface area (Å²) in [5, 5.41) is 39.4. The number of phenolic OH excluding ortho intramolecular Hbond substituents is 1. The van der Waals surface area contributed by atoms with Crippen molar-refractivity contribution < 1.29 is 29.7 Å². The second-order valence-corrected chi connectivity index (χ2v) is 13.0. The Bertz CT molecular complexity index is 2080. The number of fused-ring (bicyclic) bond motifs is 1. The van der Waals surface area contributed by atoms with Crippen LogP contribution in [-0.4, -0.2) is 63.2 Å². The number of carbonyl (C=O) groups excluding carboxylic acids is 2. The molecule has 1 aromatic heterocycles. The number of nitrogens with zero attached hydrogens (tertiary/aromatic N) is 1. The molecule has 3 amide bonds. The van der Waals surface area contributed by atoms with Crippen molar-refractivity contribution in [3.63, 3.8) is 0 Å². The number of aromatic hydroxyl groups is 1. The Kier molecular flexibility index (Phi) is 13.3. The molecular weight excluding hydrogens is 674 g/mol. The molecule has 12 heteroatoms. The quantitative estimate of drug-likeness (QED) is 0.0538. The summed E-state index contributed by atoms with van der Waals surface area (Å²) in [4.78, 5) is 52.6. The topological polar surface area (TPSA) is 184 Å². The van der Waals surface area contributed by atoms with Crippen LogP contribution < -0.4 is 21.5 Å². The van der Waals surface area contributed by atoms with Gasteiger partial charge in [0, 0.05) is 62.2 Å². The lowest BCUT2D eigenvalue weighted by Crippen LogP contribution is -2.27. The molecule has 0 saturated carbocycles. The molecule has 53 heavy (non-hydrogen) atoms. The fourth-order valence-corrected chi connectivity index (χ4v) is 6.17. The van der Waals surface area contributed by atoms with E-state index in [4.69, 9.17) is 0 Å². The number of unbranched alkanes of at least 4 members (excludes halogenated alkanes) is 1. The fraction of sp³-hybridized carbons (Fsp3) is 0.268. The highest BCUT2D eigenvalue weighted by Gasteiger charge is 2.15. The number of amides is 3. The Morgan fingerprint density at radius 1 is 0.830 bits per heavy atom. The van der Waals surface area contributed by atoms with Gasteiger partial charge in [-0.15, -0.1) is 0 Å². The molecule has 5 rings (SSSR count). The van der Waals surface area contributed by atoms with Gasteiger partial charge in [-0.25, -0.2) is 4.79 Å². The van der Waals surface area contributed by atoms with Gasteiger partial charge in [0.15, 0.2) is 0 Å². The number of hydrogen-bond acceptors (Lipinski definition) is 7. The number of rotatable bonds is 17. The normalized spacial score (nSPS) is 11.6.